The lowest BCUT2D eigenvalue weighted by Gasteiger charge is -2.15. The van der Waals surface area contributed by atoms with Gasteiger partial charge in [-0.15, -0.1) is 0 Å². The zero-order chi connectivity index (χ0) is 18.0. The highest BCUT2D eigenvalue weighted by Gasteiger charge is 2.19. The Labute approximate surface area is 154 Å². The fraction of sp³-hybridized carbons (Fsp3) is 0.286. The van der Waals surface area contributed by atoms with Crippen LogP contribution in [0.15, 0.2) is 70.6 Å². The molecule has 0 radical (unpaired) electrons. The normalized spacial score (nSPS) is 15.5. The minimum absolute atomic E-state index is 0.243. The van der Waals surface area contributed by atoms with Gasteiger partial charge in [-0.25, -0.2) is 8.42 Å². The molecule has 0 atom stereocenters. The number of benzene rings is 2. The van der Waals surface area contributed by atoms with E-state index in [4.69, 9.17) is 0 Å². The van der Waals surface area contributed by atoms with E-state index in [0.29, 0.717) is 4.90 Å². The summed E-state index contributed by atoms with van der Waals surface area (Å²) in [6.45, 7) is 3.39. The minimum atomic E-state index is -3.54. The zero-order valence-corrected chi connectivity index (χ0v) is 15.5. The predicted molar refractivity (Wildman–Crippen MR) is 103 cm³/mol. The molecule has 5 heteroatoms. The monoisotopic (exact) mass is 366 g/mol. The molecule has 1 aliphatic rings. The molecule has 26 heavy (non-hydrogen) atoms. The maximum absolute atomic E-state index is 12.8. The number of nitrogens with zero attached hydrogens (tertiary/aromatic N) is 2. The Morgan fingerprint density at radius 2 is 1.69 bits per heavy atom. The van der Waals surface area contributed by atoms with E-state index >= 15 is 0 Å². The van der Waals surface area contributed by atoms with Gasteiger partial charge in [-0.2, -0.15) is 0 Å². The lowest BCUT2D eigenvalue weighted by molar-refractivity contribution is 0.344. The summed E-state index contributed by atoms with van der Waals surface area (Å²) in [4.78, 5) is 7.54. The van der Waals surface area contributed by atoms with Crippen LogP contribution in [0.1, 0.15) is 18.4 Å². The minimum Gasteiger partial charge on any atom is -0.303 e. The zero-order valence-electron chi connectivity index (χ0n) is 14.6. The predicted octanol–water partition coefficient (Wildman–Crippen LogP) is 3.71. The third-order valence-corrected chi connectivity index (χ3v) is 6.77. The molecule has 2 aromatic carbocycles. The number of hydrogen-bond acceptors (Lipinski definition) is 4. The van der Waals surface area contributed by atoms with Crippen molar-refractivity contribution in [1.82, 2.24) is 9.88 Å². The van der Waals surface area contributed by atoms with Crippen molar-refractivity contribution in [3.63, 3.8) is 0 Å². The number of para-hydroxylation sites is 1. The highest BCUT2D eigenvalue weighted by Crippen LogP contribution is 2.25. The van der Waals surface area contributed by atoms with Gasteiger partial charge in [0.25, 0.3) is 0 Å². The molecule has 1 saturated heterocycles. The maximum atomic E-state index is 12.8. The standard InChI is InChI=1S/C21H22N2O2S/c24-26(25,19-9-2-1-3-10-19)20-15-18-8-6-7-17(21(18)22-16-20)11-14-23-12-4-5-13-23/h1-3,6-10,15-16H,4-5,11-14H2. The summed E-state index contributed by atoms with van der Waals surface area (Å²) in [7, 11) is -3.54. The fourth-order valence-electron chi connectivity index (χ4n) is 3.57. The van der Waals surface area contributed by atoms with Crippen LogP contribution < -0.4 is 0 Å². The lowest BCUT2D eigenvalue weighted by Crippen LogP contribution is -2.22. The quantitative estimate of drug-likeness (QED) is 0.691. The maximum Gasteiger partial charge on any atom is 0.208 e. The molecule has 2 heterocycles. The number of hydrogen-bond donors (Lipinski definition) is 0. The van der Waals surface area contributed by atoms with Crippen LogP contribution in [0.5, 0.6) is 0 Å². The van der Waals surface area contributed by atoms with E-state index < -0.39 is 9.84 Å². The molecule has 0 saturated carbocycles. The van der Waals surface area contributed by atoms with Crippen LogP contribution in [0.3, 0.4) is 0 Å². The molecule has 0 aliphatic carbocycles. The summed E-state index contributed by atoms with van der Waals surface area (Å²) in [5.41, 5.74) is 2.08. The molecule has 0 spiro atoms. The van der Waals surface area contributed by atoms with Gasteiger partial charge in [0.15, 0.2) is 0 Å². The van der Waals surface area contributed by atoms with Crippen molar-refractivity contribution in [2.75, 3.05) is 19.6 Å². The van der Waals surface area contributed by atoms with Crippen molar-refractivity contribution in [1.29, 1.82) is 0 Å². The molecule has 3 aromatic rings. The Morgan fingerprint density at radius 3 is 2.46 bits per heavy atom. The number of rotatable bonds is 5. The molecule has 1 aliphatic heterocycles. The van der Waals surface area contributed by atoms with E-state index in [9.17, 15) is 8.42 Å². The van der Waals surface area contributed by atoms with Gasteiger partial charge in [-0.1, -0.05) is 36.4 Å². The number of aromatic nitrogens is 1. The van der Waals surface area contributed by atoms with Crippen LogP contribution in [0, 0.1) is 0 Å². The Bertz CT molecular complexity index is 1010. The van der Waals surface area contributed by atoms with E-state index in [-0.39, 0.29) is 4.90 Å². The van der Waals surface area contributed by atoms with Crippen molar-refractivity contribution in [3.05, 3.63) is 66.4 Å². The summed E-state index contributed by atoms with van der Waals surface area (Å²) in [6.07, 6.45) is 5.00. The van der Waals surface area contributed by atoms with Crippen molar-refractivity contribution in [2.45, 2.75) is 29.1 Å². The molecule has 0 bridgehead atoms. The van der Waals surface area contributed by atoms with E-state index in [0.717, 1.165) is 23.9 Å². The first-order valence-corrected chi connectivity index (χ1v) is 10.5. The Morgan fingerprint density at radius 1 is 0.923 bits per heavy atom. The molecule has 0 amide bonds. The Kier molecular flexibility index (Phi) is 4.74. The highest BCUT2D eigenvalue weighted by atomic mass is 32.2. The topological polar surface area (TPSA) is 50.3 Å². The van der Waals surface area contributed by atoms with Crippen LogP contribution in [0.25, 0.3) is 10.9 Å². The van der Waals surface area contributed by atoms with Crippen LogP contribution in [-0.4, -0.2) is 37.9 Å². The molecule has 1 aromatic heterocycles. The summed E-state index contributed by atoms with van der Waals surface area (Å²) in [6, 6.07) is 16.3. The third kappa shape index (κ3) is 3.37. The Balaban J connectivity index is 1.66. The first-order chi connectivity index (χ1) is 12.6. The fourth-order valence-corrected chi connectivity index (χ4v) is 4.83. The number of likely N-dealkylation sites (tertiary alicyclic amines) is 1. The number of fused-ring (bicyclic) bond motifs is 1. The van der Waals surface area contributed by atoms with Gasteiger partial charge < -0.3 is 4.90 Å². The van der Waals surface area contributed by atoms with Gasteiger partial charge >= 0.3 is 0 Å². The van der Waals surface area contributed by atoms with Gasteiger partial charge in [0.05, 0.1) is 15.3 Å². The van der Waals surface area contributed by atoms with E-state index in [1.54, 1.807) is 30.3 Å². The van der Waals surface area contributed by atoms with Crippen molar-refractivity contribution < 1.29 is 8.42 Å². The van der Waals surface area contributed by atoms with Gasteiger partial charge in [0.1, 0.15) is 0 Å². The number of sulfone groups is 1. The van der Waals surface area contributed by atoms with Crippen LogP contribution in [0.2, 0.25) is 0 Å². The second kappa shape index (κ2) is 7.17. The molecule has 4 nitrogen and oxygen atoms in total. The summed E-state index contributed by atoms with van der Waals surface area (Å²) in [5, 5.41) is 0.876. The third-order valence-electron chi connectivity index (χ3n) is 5.03. The number of pyridine rings is 1. The average Bonchev–Trinajstić information content (AvgIpc) is 3.20. The second-order valence-corrected chi connectivity index (χ2v) is 8.72. The highest BCUT2D eigenvalue weighted by molar-refractivity contribution is 7.91. The average molecular weight is 366 g/mol. The van der Waals surface area contributed by atoms with Gasteiger partial charge in [0, 0.05) is 18.1 Å². The van der Waals surface area contributed by atoms with Crippen molar-refractivity contribution in [2.24, 2.45) is 0 Å². The van der Waals surface area contributed by atoms with Crippen molar-refractivity contribution >= 4 is 20.7 Å². The smallest absolute Gasteiger partial charge is 0.208 e. The van der Waals surface area contributed by atoms with E-state index in [2.05, 4.69) is 16.0 Å². The summed E-state index contributed by atoms with van der Waals surface area (Å²) < 4.78 is 25.6. The van der Waals surface area contributed by atoms with Gasteiger partial charge in [0.2, 0.25) is 9.84 Å². The molecule has 134 valence electrons. The summed E-state index contributed by atoms with van der Waals surface area (Å²) >= 11 is 0. The van der Waals surface area contributed by atoms with Crippen LogP contribution in [-0.2, 0) is 16.3 Å². The molecule has 0 N–H and O–H groups in total. The first-order valence-electron chi connectivity index (χ1n) is 9.05. The molecule has 4 rings (SSSR count). The van der Waals surface area contributed by atoms with Crippen molar-refractivity contribution in [3.8, 4) is 0 Å². The molecule has 0 unspecified atom stereocenters. The molecule has 1 fully saturated rings. The van der Waals surface area contributed by atoms with Crippen LogP contribution in [0.4, 0.5) is 0 Å². The second-order valence-electron chi connectivity index (χ2n) is 6.78. The SMILES string of the molecule is O=S(=O)(c1ccccc1)c1cnc2c(CCN3CCCC3)cccc2c1. The van der Waals surface area contributed by atoms with E-state index in [1.807, 2.05) is 18.2 Å². The first kappa shape index (κ1) is 17.2. The van der Waals surface area contributed by atoms with E-state index in [1.165, 1.54) is 37.7 Å². The van der Waals surface area contributed by atoms with Gasteiger partial charge in [-0.3, -0.25) is 4.98 Å². The summed E-state index contributed by atoms with van der Waals surface area (Å²) in [5.74, 6) is 0. The molecular weight excluding hydrogens is 344 g/mol. The van der Waals surface area contributed by atoms with Gasteiger partial charge in [-0.05, 0) is 56.1 Å². The lowest BCUT2D eigenvalue weighted by atomic mass is 10.1. The van der Waals surface area contributed by atoms with Crippen LogP contribution >= 0.6 is 0 Å². The molecular formula is C21H22N2O2S. The largest absolute Gasteiger partial charge is 0.303 e. The Hall–Kier alpha value is -2.24.